The van der Waals surface area contributed by atoms with Gasteiger partial charge in [0.05, 0.1) is 6.20 Å². The summed E-state index contributed by atoms with van der Waals surface area (Å²) >= 11 is 0. The SMILES string of the molecule is C=CCNC(=O)c1cn(CC2CC(=O)N(Cc3ccccc3)C2)nn1. The van der Waals surface area contributed by atoms with E-state index < -0.39 is 0 Å². The zero-order valence-electron chi connectivity index (χ0n) is 14.0. The van der Waals surface area contributed by atoms with Gasteiger partial charge in [-0.2, -0.15) is 0 Å². The summed E-state index contributed by atoms with van der Waals surface area (Å²) < 4.78 is 1.63. The van der Waals surface area contributed by atoms with Gasteiger partial charge in [0, 0.05) is 38.5 Å². The van der Waals surface area contributed by atoms with Gasteiger partial charge < -0.3 is 10.2 Å². The lowest BCUT2D eigenvalue weighted by Crippen LogP contribution is -2.25. The van der Waals surface area contributed by atoms with Gasteiger partial charge in [0.1, 0.15) is 0 Å². The third kappa shape index (κ3) is 4.32. The highest BCUT2D eigenvalue weighted by molar-refractivity contribution is 5.91. The van der Waals surface area contributed by atoms with Gasteiger partial charge in [0.15, 0.2) is 5.69 Å². The number of amides is 2. The Hall–Kier alpha value is -2.96. The van der Waals surface area contributed by atoms with Crippen molar-refractivity contribution in [3.8, 4) is 0 Å². The van der Waals surface area contributed by atoms with Crippen LogP contribution in [-0.2, 0) is 17.9 Å². The molecule has 1 saturated heterocycles. The summed E-state index contributed by atoms with van der Waals surface area (Å²) in [6.45, 7) is 5.82. The van der Waals surface area contributed by atoms with Crippen molar-refractivity contribution in [3.63, 3.8) is 0 Å². The van der Waals surface area contributed by atoms with Crippen LogP contribution in [0.15, 0.2) is 49.2 Å². The molecule has 1 unspecified atom stereocenters. The average molecular weight is 339 g/mol. The lowest BCUT2D eigenvalue weighted by Gasteiger charge is -2.16. The van der Waals surface area contributed by atoms with Crippen LogP contribution in [0.3, 0.4) is 0 Å². The normalized spacial score (nSPS) is 16.9. The second-order valence-corrected chi connectivity index (χ2v) is 6.15. The summed E-state index contributed by atoms with van der Waals surface area (Å²) in [6, 6.07) is 9.95. The number of likely N-dealkylation sites (tertiary alicyclic amines) is 1. The summed E-state index contributed by atoms with van der Waals surface area (Å²) in [6.07, 6.45) is 3.71. The second-order valence-electron chi connectivity index (χ2n) is 6.15. The first-order valence-electron chi connectivity index (χ1n) is 8.26. The maximum atomic E-state index is 12.2. The van der Waals surface area contributed by atoms with Crippen LogP contribution >= 0.6 is 0 Å². The minimum atomic E-state index is -0.278. The zero-order valence-corrected chi connectivity index (χ0v) is 14.0. The predicted octanol–water partition coefficient (Wildman–Crippen LogP) is 1.24. The molecule has 130 valence electrons. The Morgan fingerprint density at radius 3 is 2.92 bits per heavy atom. The summed E-state index contributed by atoms with van der Waals surface area (Å²) in [5, 5.41) is 10.5. The van der Waals surface area contributed by atoms with Crippen molar-refractivity contribution in [2.75, 3.05) is 13.1 Å². The molecular weight excluding hydrogens is 318 g/mol. The number of hydrogen-bond acceptors (Lipinski definition) is 4. The van der Waals surface area contributed by atoms with E-state index in [9.17, 15) is 9.59 Å². The fourth-order valence-corrected chi connectivity index (χ4v) is 2.94. The third-order valence-electron chi connectivity index (χ3n) is 4.13. The number of hydrogen-bond donors (Lipinski definition) is 1. The van der Waals surface area contributed by atoms with Gasteiger partial charge in [-0.3, -0.25) is 14.3 Å². The molecule has 1 aliphatic rings. The van der Waals surface area contributed by atoms with Gasteiger partial charge >= 0.3 is 0 Å². The maximum Gasteiger partial charge on any atom is 0.273 e. The molecule has 0 bridgehead atoms. The van der Waals surface area contributed by atoms with Crippen molar-refractivity contribution in [3.05, 3.63) is 60.4 Å². The molecule has 1 N–H and O–H groups in total. The van der Waals surface area contributed by atoms with Crippen LogP contribution in [0.2, 0.25) is 0 Å². The molecular formula is C18H21N5O2. The molecule has 0 radical (unpaired) electrons. The van der Waals surface area contributed by atoms with Crippen LogP contribution in [0.4, 0.5) is 0 Å². The largest absolute Gasteiger partial charge is 0.347 e. The van der Waals surface area contributed by atoms with Crippen molar-refractivity contribution in [1.82, 2.24) is 25.2 Å². The molecule has 2 aromatic rings. The van der Waals surface area contributed by atoms with E-state index in [0.29, 0.717) is 32.6 Å². The van der Waals surface area contributed by atoms with Gasteiger partial charge in [-0.15, -0.1) is 11.7 Å². The van der Waals surface area contributed by atoms with Crippen molar-refractivity contribution in [1.29, 1.82) is 0 Å². The number of benzene rings is 1. The Bertz CT molecular complexity index is 756. The van der Waals surface area contributed by atoms with E-state index in [-0.39, 0.29) is 23.4 Å². The van der Waals surface area contributed by atoms with Crippen LogP contribution in [0.25, 0.3) is 0 Å². The van der Waals surface area contributed by atoms with E-state index in [0.717, 1.165) is 5.56 Å². The molecule has 7 nitrogen and oxygen atoms in total. The highest BCUT2D eigenvalue weighted by Crippen LogP contribution is 2.21. The Labute approximate surface area is 146 Å². The quantitative estimate of drug-likeness (QED) is 0.770. The molecule has 25 heavy (non-hydrogen) atoms. The minimum absolute atomic E-state index is 0.151. The molecule has 1 aliphatic heterocycles. The van der Waals surface area contributed by atoms with E-state index in [1.165, 1.54) is 0 Å². The van der Waals surface area contributed by atoms with Crippen molar-refractivity contribution in [2.24, 2.45) is 5.92 Å². The monoisotopic (exact) mass is 339 g/mol. The first-order chi connectivity index (χ1) is 12.2. The van der Waals surface area contributed by atoms with Gasteiger partial charge in [0.25, 0.3) is 5.91 Å². The molecule has 0 aliphatic carbocycles. The van der Waals surface area contributed by atoms with Crippen molar-refractivity contribution < 1.29 is 9.59 Å². The molecule has 1 fully saturated rings. The molecule has 2 amide bonds. The smallest absolute Gasteiger partial charge is 0.273 e. The Morgan fingerprint density at radius 2 is 2.16 bits per heavy atom. The predicted molar refractivity (Wildman–Crippen MR) is 92.5 cm³/mol. The Balaban J connectivity index is 1.55. The van der Waals surface area contributed by atoms with Crippen LogP contribution in [0.1, 0.15) is 22.5 Å². The summed E-state index contributed by atoms with van der Waals surface area (Å²) in [5.74, 6) is 0.0410. The highest BCUT2D eigenvalue weighted by Gasteiger charge is 2.30. The fourth-order valence-electron chi connectivity index (χ4n) is 2.94. The molecule has 1 aromatic heterocycles. The van der Waals surface area contributed by atoms with Gasteiger partial charge in [-0.1, -0.05) is 41.6 Å². The molecule has 2 heterocycles. The standard InChI is InChI=1S/C18H21N5O2/c1-2-8-19-18(25)16-13-23(21-20-16)12-15-9-17(24)22(11-15)10-14-6-4-3-5-7-14/h2-7,13,15H,1,8-12H2,(H,19,25). The van der Waals surface area contributed by atoms with Gasteiger partial charge in [0.2, 0.25) is 5.91 Å². The average Bonchev–Trinajstić information content (AvgIpc) is 3.21. The molecule has 3 rings (SSSR count). The summed E-state index contributed by atoms with van der Waals surface area (Å²) in [7, 11) is 0. The van der Waals surface area contributed by atoms with Crippen molar-refractivity contribution in [2.45, 2.75) is 19.5 Å². The summed E-state index contributed by atoms with van der Waals surface area (Å²) in [5.41, 5.74) is 1.39. The fraction of sp³-hybridized carbons (Fsp3) is 0.333. The number of aromatic nitrogens is 3. The van der Waals surface area contributed by atoms with Crippen LogP contribution < -0.4 is 5.32 Å². The van der Waals surface area contributed by atoms with Crippen LogP contribution in [-0.4, -0.2) is 44.8 Å². The van der Waals surface area contributed by atoms with E-state index in [2.05, 4.69) is 22.2 Å². The minimum Gasteiger partial charge on any atom is -0.347 e. The summed E-state index contributed by atoms with van der Waals surface area (Å²) in [4.78, 5) is 25.9. The first kappa shape index (κ1) is 16.9. The van der Waals surface area contributed by atoms with E-state index >= 15 is 0 Å². The number of carbonyl (C=O) groups is 2. The van der Waals surface area contributed by atoms with Crippen LogP contribution in [0.5, 0.6) is 0 Å². The first-order valence-corrected chi connectivity index (χ1v) is 8.26. The molecule has 7 heteroatoms. The topological polar surface area (TPSA) is 80.1 Å². The maximum absolute atomic E-state index is 12.2. The van der Waals surface area contributed by atoms with Gasteiger partial charge in [-0.25, -0.2) is 0 Å². The van der Waals surface area contributed by atoms with Crippen LogP contribution in [0, 0.1) is 5.92 Å². The van der Waals surface area contributed by atoms with E-state index in [1.54, 1.807) is 17.0 Å². The third-order valence-corrected chi connectivity index (χ3v) is 4.13. The van der Waals surface area contributed by atoms with E-state index in [4.69, 9.17) is 0 Å². The van der Waals surface area contributed by atoms with E-state index in [1.807, 2.05) is 35.2 Å². The lowest BCUT2D eigenvalue weighted by atomic mass is 10.1. The van der Waals surface area contributed by atoms with Gasteiger partial charge in [-0.05, 0) is 5.56 Å². The lowest BCUT2D eigenvalue weighted by molar-refractivity contribution is -0.128. The molecule has 1 atom stereocenters. The highest BCUT2D eigenvalue weighted by atomic mass is 16.2. The Morgan fingerprint density at radius 1 is 1.36 bits per heavy atom. The number of nitrogens with zero attached hydrogens (tertiary/aromatic N) is 4. The Kier molecular flexibility index (Phi) is 5.23. The molecule has 0 spiro atoms. The molecule has 0 saturated carbocycles. The number of rotatable bonds is 7. The number of carbonyl (C=O) groups excluding carboxylic acids is 2. The molecule has 1 aromatic carbocycles. The second kappa shape index (κ2) is 7.74. The number of nitrogens with one attached hydrogen (secondary N) is 1. The van der Waals surface area contributed by atoms with Crippen molar-refractivity contribution >= 4 is 11.8 Å². The zero-order chi connectivity index (χ0) is 17.6.